The van der Waals surface area contributed by atoms with Crippen molar-refractivity contribution in [2.24, 2.45) is 5.41 Å². The van der Waals surface area contributed by atoms with Crippen molar-refractivity contribution in [1.82, 2.24) is 0 Å². The molecule has 0 bridgehead atoms. The standard InChI is InChI=1S/C16H24O/c1-13-8-14(2)10-15(9-13)11-16(12-17)6-4-3-5-7-16/h8-10,17H,3-7,11-12H2,1-2H3. The maximum absolute atomic E-state index is 9.74. The molecule has 1 nitrogen and oxygen atoms in total. The zero-order valence-corrected chi connectivity index (χ0v) is 11.1. The summed E-state index contributed by atoms with van der Waals surface area (Å²) in [5, 5.41) is 9.74. The number of benzene rings is 1. The van der Waals surface area contributed by atoms with Gasteiger partial charge in [0.15, 0.2) is 0 Å². The molecule has 1 fully saturated rings. The Bertz CT molecular complexity index is 355. The van der Waals surface area contributed by atoms with Crippen LogP contribution in [0.4, 0.5) is 0 Å². The van der Waals surface area contributed by atoms with Crippen molar-refractivity contribution in [3.63, 3.8) is 0 Å². The molecule has 0 heterocycles. The lowest BCUT2D eigenvalue weighted by Crippen LogP contribution is -2.30. The van der Waals surface area contributed by atoms with Gasteiger partial charge in [0, 0.05) is 6.61 Å². The first-order chi connectivity index (χ1) is 8.13. The number of rotatable bonds is 3. The van der Waals surface area contributed by atoms with Gasteiger partial charge in [-0.05, 0) is 44.1 Å². The lowest BCUT2D eigenvalue weighted by molar-refractivity contribution is 0.0823. The number of hydrogen-bond donors (Lipinski definition) is 1. The van der Waals surface area contributed by atoms with Gasteiger partial charge < -0.3 is 5.11 Å². The van der Waals surface area contributed by atoms with E-state index in [2.05, 4.69) is 32.0 Å². The van der Waals surface area contributed by atoms with Crippen LogP contribution in [0, 0.1) is 19.3 Å². The van der Waals surface area contributed by atoms with Crippen molar-refractivity contribution in [2.75, 3.05) is 6.61 Å². The van der Waals surface area contributed by atoms with Crippen LogP contribution < -0.4 is 0 Å². The molecule has 1 aliphatic rings. The van der Waals surface area contributed by atoms with Crippen LogP contribution in [-0.2, 0) is 6.42 Å². The average molecular weight is 232 g/mol. The van der Waals surface area contributed by atoms with Gasteiger partial charge in [-0.1, -0.05) is 48.6 Å². The minimum absolute atomic E-state index is 0.165. The first kappa shape index (κ1) is 12.6. The highest BCUT2D eigenvalue weighted by molar-refractivity contribution is 5.29. The second-order valence-electron chi connectivity index (χ2n) is 5.89. The molecule has 17 heavy (non-hydrogen) atoms. The Labute approximate surface area is 105 Å². The maximum atomic E-state index is 9.74. The second kappa shape index (κ2) is 5.22. The van der Waals surface area contributed by atoms with E-state index in [0.29, 0.717) is 6.61 Å². The largest absolute Gasteiger partial charge is 0.396 e. The summed E-state index contributed by atoms with van der Waals surface area (Å²) in [7, 11) is 0. The third-order valence-corrected chi connectivity index (χ3v) is 4.11. The highest BCUT2D eigenvalue weighted by atomic mass is 16.3. The minimum Gasteiger partial charge on any atom is -0.396 e. The molecule has 1 aliphatic carbocycles. The van der Waals surface area contributed by atoms with Gasteiger partial charge >= 0.3 is 0 Å². The third kappa shape index (κ3) is 3.10. The summed E-state index contributed by atoms with van der Waals surface area (Å²) in [6.45, 7) is 4.66. The van der Waals surface area contributed by atoms with Crippen LogP contribution in [0.15, 0.2) is 18.2 Å². The summed E-state index contributed by atoms with van der Waals surface area (Å²) in [4.78, 5) is 0. The van der Waals surface area contributed by atoms with Crippen molar-refractivity contribution in [1.29, 1.82) is 0 Å². The van der Waals surface area contributed by atoms with E-state index in [-0.39, 0.29) is 5.41 Å². The molecule has 0 aromatic heterocycles. The van der Waals surface area contributed by atoms with Gasteiger partial charge in [-0.3, -0.25) is 0 Å². The lowest BCUT2D eigenvalue weighted by Gasteiger charge is -2.36. The van der Waals surface area contributed by atoms with E-state index in [1.807, 2.05) is 0 Å². The maximum Gasteiger partial charge on any atom is 0.0490 e. The topological polar surface area (TPSA) is 20.2 Å². The van der Waals surface area contributed by atoms with Crippen LogP contribution in [-0.4, -0.2) is 11.7 Å². The monoisotopic (exact) mass is 232 g/mol. The van der Waals surface area contributed by atoms with Gasteiger partial charge in [0.25, 0.3) is 0 Å². The van der Waals surface area contributed by atoms with Crippen LogP contribution in [0.2, 0.25) is 0 Å². The zero-order chi connectivity index (χ0) is 12.3. The van der Waals surface area contributed by atoms with Crippen molar-refractivity contribution in [2.45, 2.75) is 52.4 Å². The highest BCUT2D eigenvalue weighted by Crippen LogP contribution is 2.39. The summed E-state index contributed by atoms with van der Waals surface area (Å²) < 4.78 is 0. The average Bonchev–Trinajstić information content (AvgIpc) is 2.29. The molecule has 0 unspecified atom stereocenters. The van der Waals surface area contributed by atoms with E-state index in [1.54, 1.807) is 0 Å². The molecule has 0 saturated heterocycles. The molecule has 1 aromatic carbocycles. The van der Waals surface area contributed by atoms with E-state index in [1.165, 1.54) is 48.8 Å². The summed E-state index contributed by atoms with van der Waals surface area (Å²) in [6, 6.07) is 6.77. The molecule has 1 heteroatoms. The summed E-state index contributed by atoms with van der Waals surface area (Å²) in [5.74, 6) is 0. The summed E-state index contributed by atoms with van der Waals surface area (Å²) in [6.07, 6.45) is 7.34. The van der Waals surface area contributed by atoms with E-state index in [9.17, 15) is 5.11 Å². The van der Waals surface area contributed by atoms with E-state index in [4.69, 9.17) is 0 Å². The van der Waals surface area contributed by atoms with E-state index in [0.717, 1.165) is 6.42 Å². The van der Waals surface area contributed by atoms with Crippen molar-refractivity contribution >= 4 is 0 Å². The van der Waals surface area contributed by atoms with Gasteiger partial charge in [-0.2, -0.15) is 0 Å². The van der Waals surface area contributed by atoms with Gasteiger partial charge in [-0.15, -0.1) is 0 Å². The molecule has 0 atom stereocenters. The van der Waals surface area contributed by atoms with E-state index >= 15 is 0 Å². The first-order valence-corrected chi connectivity index (χ1v) is 6.82. The van der Waals surface area contributed by atoms with Gasteiger partial charge in [0.1, 0.15) is 0 Å². The molecule has 2 rings (SSSR count). The van der Waals surface area contributed by atoms with Crippen molar-refractivity contribution in [3.8, 4) is 0 Å². The molecule has 94 valence electrons. The molecule has 1 aromatic rings. The van der Waals surface area contributed by atoms with Crippen molar-refractivity contribution < 1.29 is 5.11 Å². The zero-order valence-electron chi connectivity index (χ0n) is 11.1. The fourth-order valence-corrected chi connectivity index (χ4v) is 3.30. The van der Waals surface area contributed by atoms with Crippen LogP contribution in [0.25, 0.3) is 0 Å². The number of aryl methyl sites for hydroxylation is 2. The van der Waals surface area contributed by atoms with Gasteiger partial charge in [-0.25, -0.2) is 0 Å². The normalized spacial score (nSPS) is 19.2. The SMILES string of the molecule is Cc1cc(C)cc(CC2(CO)CCCCC2)c1. The first-order valence-electron chi connectivity index (χ1n) is 6.82. The predicted molar refractivity (Wildman–Crippen MR) is 72.2 cm³/mol. The third-order valence-electron chi connectivity index (χ3n) is 4.11. The molecule has 0 aliphatic heterocycles. The Morgan fingerprint density at radius 2 is 1.59 bits per heavy atom. The molecule has 1 saturated carbocycles. The Morgan fingerprint density at radius 1 is 1.00 bits per heavy atom. The summed E-state index contributed by atoms with van der Waals surface area (Å²) >= 11 is 0. The second-order valence-corrected chi connectivity index (χ2v) is 5.89. The fourth-order valence-electron chi connectivity index (χ4n) is 3.30. The van der Waals surface area contributed by atoms with Crippen LogP contribution >= 0.6 is 0 Å². The molecular weight excluding hydrogens is 208 g/mol. The van der Waals surface area contributed by atoms with Gasteiger partial charge in [0.2, 0.25) is 0 Å². The lowest BCUT2D eigenvalue weighted by atomic mass is 9.71. The number of hydrogen-bond acceptors (Lipinski definition) is 1. The Kier molecular flexibility index (Phi) is 3.88. The Hall–Kier alpha value is -0.820. The van der Waals surface area contributed by atoms with Crippen LogP contribution in [0.5, 0.6) is 0 Å². The molecular formula is C16H24O. The molecule has 1 N–H and O–H groups in total. The fraction of sp³-hybridized carbons (Fsp3) is 0.625. The molecule has 0 amide bonds. The number of aliphatic hydroxyl groups excluding tert-OH is 1. The van der Waals surface area contributed by atoms with Crippen LogP contribution in [0.3, 0.4) is 0 Å². The minimum atomic E-state index is 0.165. The quantitative estimate of drug-likeness (QED) is 0.840. The van der Waals surface area contributed by atoms with E-state index < -0.39 is 0 Å². The molecule has 0 radical (unpaired) electrons. The number of aliphatic hydroxyl groups is 1. The molecule has 0 spiro atoms. The predicted octanol–water partition coefficient (Wildman–Crippen LogP) is 3.79. The summed E-state index contributed by atoms with van der Waals surface area (Å²) in [5.41, 5.74) is 4.24. The smallest absolute Gasteiger partial charge is 0.0490 e. The van der Waals surface area contributed by atoms with Gasteiger partial charge in [0.05, 0.1) is 0 Å². The highest BCUT2D eigenvalue weighted by Gasteiger charge is 2.31. The Balaban J connectivity index is 2.17. The van der Waals surface area contributed by atoms with Crippen molar-refractivity contribution in [3.05, 3.63) is 34.9 Å². The Morgan fingerprint density at radius 3 is 2.12 bits per heavy atom. The van der Waals surface area contributed by atoms with Crippen LogP contribution in [0.1, 0.15) is 48.8 Å².